The van der Waals surface area contributed by atoms with Crippen LogP contribution in [-0.4, -0.2) is 40.3 Å². The van der Waals surface area contributed by atoms with Gasteiger partial charge in [-0.25, -0.2) is 0 Å². The summed E-state index contributed by atoms with van der Waals surface area (Å²) in [4.78, 5) is 13.9. The van der Waals surface area contributed by atoms with Crippen LogP contribution in [0.2, 0.25) is 0 Å². The number of carbonyl (C=O) groups excluding carboxylic acids is 1. The molecule has 0 atom stereocenters. The number of hydrogen-bond acceptors (Lipinski definition) is 3. The summed E-state index contributed by atoms with van der Waals surface area (Å²) in [7, 11) is 5.61. The molecule has 100 valence electrons. The van der Waals surface area contributed by atoms with Crippen molar-refractivity contribution < 1.29 is 9.53 Å². The maximum Gasteiger partial charge on any atom is 0.251 e. The highest BCUT2D eigenvalue weighted by Crippen LogP contribution is 2.13. The molecule has 0 aromatic heterocycles. The fraction of sp³-hybridized carbons (Fsp3) is 0.500. The van der Waals surface area contributed by atoms with Gasteiger partial charge in [-0.1, -0.05) is 6.07 Å². The lowest BCUT2D eigenvalue weighted by Gasteiger charge is -2.13. The molecule has 0 aliphatic carbocycles. The molecule has 0 saturated heterocycles. The molecule has 0 spiro atoms. The van der Waals surface area contributed by atoms with Crippen LogP contribution < -0.4 is 10.2 Å². The predicted molar refractivity (Wildman–Crippen MR) is 74.2 cm³/mol. The Balaban J connectivity index is 2.44. The minimum Gasteiger partial charge on any atom is -0.385 e. The van der Waals surface area contributed by atoms with Crippen LogP contribution >= 0.6 is 0 Å². The summed E-state index contributed by atoms with van der Waals surface area (Å²) in [6, 6.07) is 7.60. The Kier molecular flexibility index (Phi) is 6.22. The van der Waals surface area contributed by atoms with E-state index in [1.54, 1.807) is 7.11 Å². The number of ether oxygens (including phenoxy) is 1. The van der Waals surface area contributed by atoms with Crippen molar-refractivity contribution in [3.63, 3.8) is 0 Å². The number of amides is 1. The molecule has 1 amide bonds. The second-order valence-corrected chi connectivity index (χ2v) is 4.40. The maximum absolute atomic E-state index is 11.9. The third-order valence-electron chi connectivity index (χ3n) is 2.69. The molecule has 0 aliphatic heterocycles. The van der Waals surface area contributed by atoms with Crippen LogP contribution in [0.25, 0.3) is 0 Å². The van der Waals surface area contributed by atoms with Gasteiger partial charge < -0.3 is 15.0 Å². The summed E-state index contributed by atoms with van der Waals surface area (Å²) in [5.74, 6) is -0.0175. The number of methoxy groups -OCH3 is 1. The Morgan fingerprint density at radius 2 is 2.11 bits per heavy atom. The Morgan fingerprint density at radius 1 is 1.33 bits per heavy atom. The molecule has 0 saturated carbocycles. The van der Waals surface area contributed by atoms with Gasteiger partial charge in [0, 0.05) is 45.6 Å². The minimum absolute atomic E-state index is 0.0175. The van der Waals surface area contributed by atoms with Crippen LogP contribution in [0.1, 0.15) is 23.2 Å². The van der Waals surface area contributed by atoms with Crippen LogP contribution in [0.5, 0.6) is 0 Å². The topological polar surface area (TPSA) is 41.6 Å². The molecule has 0 unspecified atom stereocenters. The zero-order chi connectivity index (χ0) is 13.4. The quantitative estimate of drug-likeness (QED) is 0.752. The molecule has 0 fully saturated rings. The summed E-state index contributed by atoms with van der Waals surface area (Å²) in [6.45, 7) is 1.43. The molecular formula is C14H22N2O2. The van der Waals surface area contributed by atoms with Crippen molar-refractivity contribution in [1.82, 2.24) is 5.32 Å². The number of unbranched alkanes of at least 4 members (excludes halogenated alkanes) is 1. The number of rotatable bonds is 7. The van der Waals surface area contributed by atoms with Gasteiger partial charge in [0.25, 0.3) is 5.91 Å². The summed E-state index contributed by atoms with van der Waals surface area (Å²) < 4.78 is 4.96. The van der Waals surface area contributed by atoms with E-state index in [1.165, 1.54) is 0 Å². The van der Waals surface area contributed by atoms with Gasteiger partial charge in [0.05, 0.1) is 0 Å². The van der Waals surface area contributed by atoms with E-state index in [4.69, 9.17) is 4.74 Å². The lowest BCUT2D eigenvalue weighted by atomic mass is 10.2. The molecule has 0 heterocycles. The number of nitrogens with zero attached hydrogens (tertiary/aromatic N) is 1. The smallest absolute Gasteiger partial charge is 0.251 e. The highest BCUT2D eigenvalue weighted by molar-refractivity contribution is 5.95. The van der Waals surface area contributed by atoms with Gasteiger partial charge in [-0.15, -0.1) is 0 Å². The van der Waals surface area contributed by atoms with Crippen molar-refractivity contribution in [2.24, 2.45) is 0 Å². The Labute approximate surface area is 109 Å². The highest BCUT2D eigenvalue weighted by atomic mass is 16.5. The van der Waals surface area contributed by atoms with Gasteiger partial charge in [0.15, 0.2) is 0 Å². The molecule has 0 aliphatic rings. The summed E-state index contributed by atoms with van der Waals surface area (Å²) >= 11 is 0. The maximum atomic E-state index is 11.9. The van der Waals surface area contributed by atoms with Gasteiger partial charge >= 0.3 is 0 Å². The molecule has 4 nitrogen and oxygen atoms in total. The van der Waals surface area contributed by atoms with E-state index in [0.717, 1.165) is 25.1 Å². The Morgan fingerprint density at radius 3 is 2.78 bits per heavy atom. The zero-order valence-electron chi connectivity index (χ0n) is 11.4. The molecule has 0 radical (unpaired) electrons. The lowest BCUT2D eigenvalue weighted by Crippen LogP contribution is -2.24. The van der Waals surface area contributed by atoms with E-state index < -0.39 is 0 Å². The SMILES string of the molecule is COCCCCNC(=O)c1cccc(N(C)C)c1. The summed E-state index contributed by atoms with van der Waals surface area (Å²) in [5.41, 5.74) is 1.73. The molecule has 1 aromatic rings. The molecule has 18 heavy (non-hydrogen) atoms. The van der Waals surface area contributed by atoms with E-state index in [2.05, 4.69) is 5.32 Å². The zero-order valence-corrected chi connectivity index (χ0v) is 11.4. The minimum atomic E-state index is -0.0175. The Bertz CT molecular complexity index is 378. The van der Waals surface area contributed by atoms with Crippen LogP contribution in [-0.2, 0) is 4.74 Å². The molecule has 1 aromatic carbocycles. The van der Waals surface area contributed by atoms with E-state index in [9.17, 15) is 4.79 Å². The van der Waals surface area contributed by atoms with Crippen molar-refractivity contribution in [1.29, 1.82) is 0 Å². The first-order valence-corrected chi connectivity index (χ1v) is 6.19. The fourth-order valence-electron chi connectivity index (χ4n) is 1.60. The first-order chi connectivity index (χ1) is 8.65. The molecule has 1 rings (SSSR count). The average Bonchev–Trinajstić information content (AvgIpc) is 2.38. The second kappa shape index (κ2) is 7.71. The highest BCUT2D eigenvalue weighted by Gasteiger charge is 2.05. The molecule has 0 bridgehead atoms. The number of anilines is 1. The third-order valence-corrected chi connectivity index (χ3v) is 2.69. The molecule has 4 heteroatoms. The first-order valence-electron chi connectivity index (χ1n) is 6.19. The first kappa shape index (κ1) is 14.5. The number of nitrogens with one attached hydrogen (secondary N) is 1. The van der Waals surface area contributed by atoms with Crippen LogP contribution in [0, 0.1) is 0 Å². The summed E-state index contributed by atoms with van der Waals surface area (Å²) in [5, 5.41) is 2.91. The van der Waals surface area contributed by atoms with Crippen LogP contribution in [0.3, 0.4) is 0 Å². The third kappa shape index (κ3) is 4.75. The van der Waals surface area contributed by atoms with Crippen molar-refractivity contribution in [3.8, 4) is 0 Å². The van der Waals surface area contributed by atoms with Gasteiger partial charge in [-0.2, -0.15) is 0 Å². The standard InChI is InChI=1S/C14H22N2O2/c1-16(2)13-8-6-7-12(11-13)14(17)15-9-4-5-10-18-3/h6-8,11H,4-5,9-10H2,1-3H3,(H,15,17). The van der Waals surface area contributed by atoms with Crippen molar-refractivity contribution >= 4 is 11.6 Å². The predicted octanol–water partition coefficient (Wildman–Crippen LogP) is 1.91. The number of carbonyl (C=O) groups is 1. The largest absolute Gasteiger partial charge is 0.385 e. The van der Waals surface area contributed by atoms with Crippen molar-refractivity contribution in [3.05, 3.63) is 29.8 Å². The van der Waals surface area contributed by atoms with Gasteiger partial charge in [0.1, 0.15) is 0 Å². The van der Waals surface area contributed by atoms with Gasteiger partial charge in [0.2, 0.25) is 0 Å². The average molecular weight is 250 g/mol. The van der Waals surface area contributed by atoms with E-state index in [0.29, 0.717) is 12.1 Å². The fourth-order valence-corrected chi connectivity index (χ4v) is 1.60. The van der Waals surface area contributed by atoms with E-state index >= 15 is 0 Å². The van der Waals surface area contributed by atoms with Gasteiger partial charge in [-0.3, -0.25) is 4.79 Å². The monoisotopic (exact) mass is 250 g/mol. The number of benzene rings is 1. The van der Waals surface area contributed by atoms with E-state index in [-0.39, 0.29) is 5.91 Å². The number of hydrogen-bond donors (Lipinski definition) is 1. The molecule has 1 N–H and O–H groups in total. The van der Waals surface area contributed by atoms with Crippen molar-refractivity contribution in [2.75, 3.05) is 39.3 Å². The van der Waals surface area contributed by atoms with E-state index in [1.807, 2.05) is 43.3 Å². The van der Waals surface area contributed by atoms with Crippen LogP contribution in [0.15, 0.2) is 24.3 Å². The normalized spacial score (nSPS) is 10.2. The lowest BCUT2D eigenvalue weighted by molar-refractivity contribution is 0.0951. The summed E-state index contributed by atoms with van der Waals surface area (Å²) in [6.07, 6.45) is 1.90. The Hall–Kier alpha value is -1.55. The van der Waals surface area contributed by atoms with Gasteiger partial charge in [-0.05, 0) is 31.0 Å². The van der Waals surface area contributed by atoms with Crippen molar-refractivity contribution in [2.45, 2.75) is 12.8 Å². The second-order valence-electron chi connectivity index (χ2n) is 4.40. The molecular weight excluding hydrogens is 228 g/mol. The van der Waals surface area contributed by atoms with Crippen LogP contribution in [0.4, 0.5) is 5.69 Å².